The van der Waals surface area contributed by atoms with Gasteiger partial charge in [0.15, 0.2) is 0 Å². The fraction of sp³-hybridized carbons (Fsp3) is 0.625. The van der Waals surface area contributed by atoms with Gasteiger partial charge in [0.25, 0.3) is 0 Å². The lowest BCUT2D eigenvalue weighted by Gasteiger charge is -2.24. The van der Waals surface area contributed by atoms with Gasteiger partial charge in [-0.15, -0.1) is 0 Å². The van der Waals surface area contributed by atoms with Crippen LogP contribution in [0.15, 0.2) is 24.3 Å². The number of rotatable bonds is 8. The summed E-state index contributed by atoms with van der Waals surface area (Å²) in [7, 11) is 2.15. The van der Waals surface area contributed by atoms with Gasteiger partial charge in [0.2, 0.25) is 0 Å². The van der Waals surface area contributed by atoms with E-state index in [1.54, 1.807) is 0 Å². The Morgan fingerprint density at radius 2 is 1.79 bits per heavy atom. The van der Waals surface area contributed by atoms with Crippen LogP contribution >= 0.6 is 0 Å². The molecule has 0 spiro atoms. The molecule has 1 unspecified atom stereocenters. The predicted octanol–water partition coefficient (Wildman–Crippen LogP) is 3.08. The third-order valence-corrected chi connectivity index (χ3v) is 3.14. The number of benzene rings is 1. The van der Waals surface area contributed by atoms with Crippen molar-refractivity contribution in [1.82, 2.24) is 10.2 Å². The third kappa shape index (κ3) is 5.62. The van der Waals surface area contributed by atoms with Gasteiger partial charge in [0, 0.05) is 12.6 Å². The molecule has 0 amide bonds. The van der Waals surface area contributed by atoms with Gasteiger partial charge in [-0.2, -0.15) is 0 Å². The molecule has 1 aromatic carbocycles. The number of hydrogen-bond donors (Lipinski definition) is 1. The normalized spacial score (nSPS) is 13.0. The average molecular weight is 264 g/mol. The number of nitrogens with one attached hydrogen (secondary N) is 1. The molecule has 19 heavy (non-hydrogen) atoms. The van der Waals surface area contributed by atoms with Gasteiger partial charge in [0.1, 0.15) is 5.75 Å². The Hall–Kier alpha value is -1.06. The highest BCUT2D eigenvalue weighted by molar-refractivity contribution is 5.29. The van der Waals surface area contributed by atoms with Gasteiger partial charge in [-0.1, -0.05) is 26.0 Å². The number of hydrogen-bond acceptors (Lipinski definition) is 3. The van der Waals surface area contributed by atoms with Gasteiger partial charge in [-0.05, 0) is 51.7 Å². The first-order valence-electron chi connectivity index (χ1n) is 7.25. The van der Waals surface area contributed by atoms with E-state index < -0.39 is 0 Å². The summed E-state index contributed by atoms with van der Waals surface area (Å²) in [6.07, 6.45) is 0.224. The molecule has 0 saturated carbocycles. The van der Waals surface area contributed by atoms with E-state index in [0.717, 1.165) is 25.4 Å². The molecule has 1 rings (SSSR count). The molecular weight excluding hydrogens is 236 g/mol. The van der Waals surface area contributed by atoms with Crippen molar-refractivity contribution in [2.45, 2.75) is 39.8 Å². The van der Waals surface area contributed by atoms with E-state index in [9.17, 15) is 0 Å². The van der Waals surface area contributed by atoms with Crippen LogP contribution in [0.4, 0.5) is 0 Å². The lowest BCUT2D eigenvalue weighted by atomic mass is 10.1. The molecule has 3 nitrogen and oxygen atoms in total. The fourth-order valence-electron chi connectivity index (χ4n) is 2.03. The SMILES string of the molecule is CCNC(CN(C)CC)c1ccc(OC(C)C)cc1. The first kappa shape index (κ1) is 16.0. The lowest BCUT2D eigenvalue weighted by Crippen LogP contribution is -2.32. The maximum Gasteiger partial charge on any atom is 0.119 e. The predicted molar refractivity (Wildman–Crippen MR) is 81.8 cm³/mol. The average Bonchev–Trinajstić information content (AvgIpc) is 2.38. The Morgan fingerprint density at radius 3 is 2.26 bits per heavy atom. The Bertz CT molecular complexity index is 348. The van der Waals surface area contributed by atoms with Crippen LogP contribution in [-0.2, 0) is 0 Å². The number of likely N-dealkylation sites (N-methyl/N-ethyl adjacent to an activating group) is 2. The minimum absolute atomic E-state index is 0.224. The lowest BCUT2D eigenvalue weighted by molar-refractivity contribution is 0.242. The maximum atomic E-state index is 5.68. The minimum Gasteiger partial charge on any atom is -0.491 e. The second-order valence-electron chi connectivity index (χ2n) is 5.20. The molecule has 0 aliphatic carbocycles. The molecule has 0 heterocycles. The van der Waals surface area contributed by atoms with Gasteiger partial charge >= 0.3 is 0 Å². The standard InChI is InChI=1S/C16H28N2O/c1-6-17-16(12-18(5)7-2)14-8-10-15(11-9-14)19-13(3)4/h8-11,13,16-17H,6-7,12H2,1-5H3. The summed E-state index contributed by atoms with van der Waals surface area (Å²) >= 11 is 0. The van der Waals surface area contributed by atoms with Crippen LogP contribution < -0.4 is 10.1 Å². The molecule has 0 bridgehead atoms. The summed E-state index contributed by atoms with van der Waals surface area (Å²) in [5.41, 5.74) is 1.32. The summed E-state index contributed by atoms with van der Waals surface area (Å²) in [6.45, 7) is 11.5. The molecule has 1 aromatic rings. The van der Waals surface area contributed by atoms with Crippen LogP contribution in [0, 0.1) is 0 Å². The third-order valence-electron chi connectivity index (χ3n) is 3.14. The zero-order valence-electron chi connectivity index (χ0n) is 12.9. The van der Waals surface area contributed by atoms with Crippen LogP contribution in [0.25, 0.3) is 0 Å². The van der Waals surface area contributed by atoms with E-state index >= 15 is 0 Å². The van der Waals surface area contributed by atoms with E-state index in [1.807, 2.05) is 13.8 Å². The second-order valence-corrected chi connectivity index (χ2v) is 5.20. The Labute approximate surface area is 118 Å². The van der Waals surface area contributed by atoms with E-state index in [2.05, 4.69) is 55.4 Å². The van der Waals surface area contributed by atoms with Crippen molar-refractivity contribution in [3.8, 4) is 5.75 Å². The van der Waals surface area contributed by atoms with Crippen LogP contribution in [0.5, 0.6) is 5.75 Å². The van der Waals surface area contributed by atoms with Crippen molar-refractivity contribution in [3.05, 3.63) is 29.8 Å². The monoisotopic (exact) mass is 264 g/mol. The highest BCUT2D eigenvalue weighted by Crippen LogP contribution is 2.19. The van der Waals surface area contributed by atoms with Crippen LogP contribution in [0.2, 0.25) is 0 Å². The maximum absolute atomic E-state index is 5.68. The first-order valence-corrected chi connectivity index (χ1v) is 7.25. The zero-order valence-corrected chi connectivity index (χ0v) is 12.9. The quantitative estimate of drug-likeness (QED) is 0.781. The van der Waals surface area contributed by atoms with E-state index in [-0.39, 0.29) is 6.10 Å². The van der Waals surface area contributed by atoms with Crippen molar-refractivity contribution < 1.29 is 4.74 Å². The van der Waals surface area contributed by atoms with Crippen molar-refractivity contribution in [2.24, 2.45) is 0 Å². The molecule has 108 valence electrons. The van der Waals surface area contributed by atoms with E-state index in [1.165, 1.54) is 5.56 Å². The zero-order chi connectivity index (χ0) is 14.3. The molecule has 0 fully saturated rings. The number of nitrogens with zero attached hydrogens (tertiary/aromatic N) is 1. The van der Waals surface area contributed by atoms with E-state index in [4.69, 9.17) is 4.74 Å². The molecule has 0 aromatic heterocycles. The highest BCUT2D eigenvalue weighted by atomic mass is 16.5. The van der Waals surface area contributed by atoms with Crippen molar-refractivity contribution in [3.63, 3.8) is 0 Å². The van der Waals surface area contributed by atoms with Gasteiger partial charge < -0.3 is 15.0 Å². The minimum atomic E-state index is 0.224. The fourth-order valence-corrected chi connectivity index (χ4v) is 2.03. The van der Waals surface area contributed by atoms with Crippen molar-refractivity contribution >= 4 is 0 Å². The summed E-state index contributed by atoms with van der Waals surface area (Å²) < 4.78 is 5.68. The smallest absolute Gasteiger partial charge is 0.119 e. The molecule has 0 radical (unpaired) electrons. The molecule has 1 N–H and O–H groups in total. The second kappa shape index (κ2) is 8.18. The van der Waals surface area contributed by atoms with Crippen LogP contribution in [-0.4, -0.2) is 37.7 Å². The van der Waals surface area contributed by atoms with Crippen molar-refractivity contribution in [1.29, 1.82) is 0 Å². The molecule has 0 aliphatic heterocycles. The molecule has 0 aliphatic rings. The van der Waals surface area contributed by atoms with Gasteiger partial charge in [-0.25, -0.2) is 0 Å². The number of ether oxygens (including phenoxy) is 1. The van der Waals surface area contributed by atoms with Crippen molar-refractivity contribution in [2.75, 3.05) is 26.7 Å². The molecule has 3 heteroatoms. The Balaban J connectivity index is 2.73. The highest BCUT2D eigenvalue weighted by Gasteiger charge is 2.12. The van der Waals surface area contributed by atoms with E-state index in [0.29, 0.717) is 6.04 Å². The summed E-state index contributed by atoms with van der Waals surface area (Å²) in [6, 6.07) is 8.82. The van der Waals surface area contributed by atoms with Crippen LogP contribution in [0.1, 0.15) is 39.3 Å². The summed E-state index contributed by atoms with van der Waals surface area (Å²) in [5, 5.41) is 3.54. The Morgan fingerprint density at radius 1 is 1.16 bits per heavy atom. The van der Waals surface area contributed by atoms with Crippen LogP contribution in [0.3, 0.4) is 0 Å². The summed E-state index contributed by atoms with van der Waals surface area (Å²) in [4.78, 5) is 2.33. The Kier molecular flexibility index (Phi) is 6.89. The topological polar surface area (TPSA) is 24.5 Å². The van der Waals surface area contributed by atoms with Gasteiger partial charge in [0.05, 0.1) is 6.10 Å². The molecular formula is C16H28N2O. The largest absolute Gasteiger partial charge is 0.491 e. The molecule has 0 saturated heterocycles. The first-order chi connectivity index (χ1) is 9.06. The molecule has 1 atom stereocenters. The van der Waals surface area contributed by atoms with Gasteiger partial charge in [-0.3, -0.25) is 0 Å². The summed E-state index contributed by atoms with van der Waals surface area (Å²) in [5.74, 6) is 0.942.